The number of carbonyl (C=O) groups excluding carboxylic acids is 3. The summed E-state index contributed by atoms with van der Waals surface area (Å²) >= 11 is 0. The number of ketones is 2. The molecule has 0 aliphatic heterocycles. The van der Waals surface area contributed by atoms with Crippen molar-refractivity contribution < 1.29 is 109 Å². The molecule has 4 saturated carbocycles. The molecule has 7 aromatic carbocycles. The van der Waals surface area contributed by atoms with Crippen molar-refractivity contribution in [3.05, 3.63) is 209 Å². The highest BCUT2D eigenvalue weighted by Crippen LogP contribution is 2.37. The maximum atomic E-state index is 11.9. The van der Waals surface area contributed by atoms with Crippen molar-refractivity contribution >= 4 is 17.5 Å². The van der Waals surface area contributed by atoms with Crippen molar-refractivity contribution in [3.63, 3.8) is 0 Å². The quantitative estimate of drug-likeness (QED) is 0.0124. The van der Waals surface area contributed by atoms with E-state index in [1.165, 1.54) is 39.0 Å². The Morgan fingerprint density at radius 1 is 0.290 bits per heavy atom. The van der Waals surface area contributed by atoms with Gasteiger partial charge < -0.3 is 99.8 Å². The van der Waals surface area contributed by atoms with E-state index in [2.05, 4.69) is 53.8 Å². The molecule has 13 N–H and O–H groups in total. The number of amides is 1. The van der Waals surface area contributed by atoms with Crippen LogP contribution in [0.15, 0.2) is 170 Å². The molecule has 0 aromatic heterocycles. The van der Waals surface area contributed by atoms with Crippen molar-refractivity contribution in [1.29, 1.82) is 0 Å². The second kappa shape index (κ2) is 69.7. The molecule has 11 rings (SSSR count). The van der Waals surface area contributed by atoms with Gasteiger partial charge in [-0.3, -0.25) is 14.4 Å². The highest BCUT2D eigenvalue weighted by Gasteiger charge is 2.36. The van der Waals surface area contributed by atoms with Gasteiger partial charge >= 0.3 is 0 Å². The number of ether oxygens (including phenoxy) is 7. The molecule has 0 spiro atoms. The van der Waals surface area contributed by atoms with Crippen LogP contribution in [0.25, 0.3) is 0 Å². The van der Waals surface area contributed by atoms with E-state index in [4.69, 9.17) is 33.2 Å². The maximum Gasteiger partial charge on any atom is 0.216 e. The van der Waals surface area contributed by atoms with Gasteiger partial charge in [0, 0.05) is 37.4 Å². The molecule has 4 fully saturated rings. The average Bonchev–Trinajstić information content (AvgIpc) is 1.44. The number of hydrogen-bond acceptors (Lipinski definition) is 22. The third-order valence-corrected chi connectivity index (χ3v) is 27.6. The molecule has 0 radical (unpaired) electrons. The minimum atomic E-state index is -0.771. The summed E-state index contributed by atoms with van der Waals surface area (Å²) in [4.78, 5) is 34.7. The highest BCUT2D eigenvalue weighted by atomic mass is 16.5. The molecule has 0 saturated heterocycles. The predicted molar refractivity (Wildman–Crippen MR) is 582 cm³/mol. The number of aliphatic hydroxyl groups excluding tert-OH is 5. The van der Waals surface area contributed by atoms with Crippen LogP contribution in [0.3, 0.4) is 0 Å². The molecular formula is C122H189NO22. The Morgan fingerprint density at radius 3 is 0.752 bits per heavy atom. The van der Waals surface area contributed by atoms with Gasteiger partial charge in [0.15, 0.2) is 11.6 Å². The summed E-state index contributed by atoms with van der Waals surface area (Å²) in [5.41, 5.74) is 0.603. The lowest BCUT2D eigenvalue weighted by atomic mass is 9.85. The van der Waals surface area contributed by atoms with Crippen LogP contribution in [0, 0.1) is 0 Å². The van der Waals surface area contributed by atoms with Crippen LogP contribution in [0.1, 0.15) is 452 Å². The number of hydrogen-bond donors (Lipinski definition) is 13. The van der Waals surface area contributed by atoms with Gasteiger partial charge in [-0.2, -0.15) is 0 Å². The molecule has 1 amide bonds. The van der Waals surface area contributed by atoms with Gasteiger partial charge in [-0.25, -0.2) is 0 Å². The van der Waals surface area contributed by atoms with Crippen molar-refractivity contribution in [2.75, 3.05) is 52.8 Å². The molecule has 23 nitrogen and oxygen atoms in total. The molecule has 0 bridgehead atoms. The zero-order valence-electron chi connectivity index (χ0n) is 90.8. The lowest BCUT2D eigenvalue weighted by Crippen LogP contribution is -2.37. The van der Waals surface area contributed by atoms with Gasteiger partial charge in [-0.1, -0.05) is 303 Å². The Balaban J connectivity index is 0.000000298. The van der Waals surface area contributed by atoms with Gasteiger partial charge in [0.1, 0.15) is 86.5 Å². The number of rotatable bonds is 53. The first-order valence-electron chi connectivity index (χ1n) is 55.4. The summed E-state index contributed by atoms with van der Waals surface area (Å²) in [7, 11) is 0. The molecule has 7 aromatic rings. The number of nitrogens with one attached hydrogen (secondary N) is 1. The third kappa shape index (κ3) is 50.6. The van der Waals surface area contributed by atoms with E-state index in [1.807, 2.05) is 186 Å². The first-order chi connectivity index (χ1) is 69.5. The maximum absolute atomic E-state index is 11.9. The van der Waals surface area contributed by atoms with Crippen molar-refractivity contribution in [3.8, 4) is 40.2 Å². The SMILES string of the molecule is CC(=O)NCCC(O)c1cccc(OCC2(O)CCCCCC2)c1.CCCC(=O)c1cccc(OCC(O)(CCC)CCC)c1.CCCC(=O)c1cccc(OCC2(O)CCCCCC2)c1.CCCC(O)c1cccc(OCC(O)(CC)CC)c1.CCCC(O)c1cccc(OCC(O)(CCC)CCC)c1.CCCC(O)c1cccc(OCC2(O)CCCC2)c1.CCCC(O)c1cccc(OCC2(O)CCCCC2)c1. The van der Waals surface area contributed by atoms with E-state index in [9.17, 15) is 75.7 Å². The van der Waals surface area contributed by atoms with Crippen LogP contribution in [0.5, 0.6) is 40.2 Å². The standard InChI is InChI=1S/C19H29NO4.C18H26O3.C18H30O3.C18H28O3.C17H26O3.C16H24O3.C16H26O3/c1-15(21)20-12-9-18(22)16-7-6-8-17(13-16)24-14-19(23)10-4-2-3-5-11-19;1-2-8-17(19)15-9-7-10-16(13-15)21-14-18(20)11-5-3-4-6-12-18;2*1-4-8-17(19)15-9-7-10-16(13-15)21-14-18(20,11-5-2)12-6-3;1-2-7-16(18)14-8-6-9-15(12-14)20-13-17(19)10-4-3-5-11-17;1-2-6-15(17)13-7-5-8-14(11-13)19-12-16(18)9-3-4-10-16;1-4-8-15(17)13-9-7-10-14(11-13)19-12-16(18,5-2)6-3/h6-8,13,18,22-23H,2-5,9-12,14H2,1H3,(H,20,21);7,9-10,13,20H,2-6,8,11-12,14H2,1H3;7,9-10,13,17,19-20H,4-6,8,11-12,14H2,1-3H3;7,9-10,13,20H,4-6,8,11-12,14H2,1-3H3;6,8-9,12,16,18-19H,2-5,7,10-11,13H2,1H3;5,7-8,11,15,17-18H,2-4,6,9-10,12H2,1H3;7,9-11,15,17-18H,4-6,8,12H2,1-3H3. The Kier molecular flexibility index (Phi) is 61.0. The van der Waals surface area contributed by atoms with Gasteiger partial charge in [-0.15, -0.1) is 0 Å². The molecule has 814 valence electrons. The molecule has 5 atom stereocenters. The molecule has 0 heterocycles. The van der Waals surface area contributed by atoms with E-state index in [0.29, 0.717) is 112 Å². The van der Waals surface area contributed by atoms with Gasteiger partial charge in [0.05, 0.1) is 69.7 Å². The van der Waals surface area contributed by atoms with E-state index in [0.717, 1.165) is 258 Å². The fraction of sp³-hybridized carbons (Fsp3) is 0.631. The minimum Gasteiger partial charge on any atom is -0.491 e. The lowest BCUT2D eigenvalue weighted by molar-refractivity contribution is -0.119. The highest BCUT2D eigenvalue weighted by molar-refractivity contribution is 5.97. The monoisotopic (exact) mass is 2020 g/mol. The van der Waals surface area contributed by atoms with E-state index in [1.54, 1.807) is 18.2 Å². The first-order valence-corrected chi connectivity index (χ1v) is 55.4. The van der Waals surface area contributed by atoms with E-state index >= 15 is 0 Å². The summed E-state index contributed by atoms with van der Waals surface area (Å²) in [6.45, 7) is 28.4. The third-order valence-electron chi connectivity index (χ3n) is 27.6. The first kappa shape index (κ1) is 127. The van der Waals surface area contributed by atoms with E-state index in [-0.39, 0.29) is 30.7 Å². The zero-order valence-corrected chi connectivity index (χ0v) is 90.8. The zero-order chi connectivity index (χ0) is 106. The number of carbonyl (C=O) groups is 3. The minimum absolute atomic E-state index is 0.101. The molecule has 23 heteroatoms. The van der Waals surface area contributed by atoms with Crippen LogP contribution in [0.4, 0.5) is 0 Å². The van der Waals surface area contributed by atoms with Crippen LogP contribution in [-0.2, 0) is 4.79 Å². The Morgan fingerprint density at radius 2 is 0.510 bits per heavy atom. The largest absolute Gasteiger partial charge is 0.491 e. The smallest absolute Gasteiger partial charge is 0.216 e. The second-order valence-electron chi connectivity index (χ2n) is 41.2. The molecule has 4 aliphatic rings. The summed E-state index contributed by atoms with van der Waals surface area (Å²) in [5.74, 6) is 5.05. The normalized spacial score (nSPS) is 16.2. The van der Waals surface area contributed by atoms with Crippen molar-refractivity contribution in [1.82, 2.24) is 5.32 Å². The average molecular weight is 2020 g/mol. The predicted octanol–water partition coefficient (Wildman–Crippen LogP) is 25.7. The fourth-order valence-electron chi connectivity index (χ4n) is 18.6. The van der Waals surface area contributed by atoms with Gasteiger partial charge in [0.25, 0.3) is 0 Å². The number of Topliss-reactive ketones (excluding diaryl/α,β-unsaturated/α-hetero) is 2. The fourth-order valence-corrected chi connectivity index (χ4v) is 18.6. The van der Waals surface area contributed by atoms with Gasteiger partial charge in [-0.05, 0) is 248 Å². The van der Waals surface area contributed by atoms with Crippen LogP contribution >= 0.6 is 0 Å². The molecule has 4 aliphatic carbocycles. The Labute approximate surface area is 870 Å². The van der Waals surface area contributed by atoms with Crippen LogP contribution < -0.4 is 38.5 Å². The summed E-state index contributed by atoms with van der Waals surface area (Å²) in [6, 6.07) is 52.1. The molecule has 145 heavy (non-hydrogen) atoms. The second-order valence-corrected chi connectivity index (χ2v) is 41.2. The summed E-state index contributed by atoms with van der Waals surface area (Å²) in [5, 5.41) is 126. The van der Waals surface area contributed by atoms with E-state index < -0.39 is 69.7 Å². The molecule has 5 unspecified atom stereocenters. The van der Waals surface area contributed by atoms with Crippen LogP contribution in [-0.4, -0.2) is 171 Å². The van der Waals surface area contributed by atoms with Gasteiger partial charge in [0.2, 0.25) is 5.91 Å². The number of benzene rings is 7. The summed E-state index contributed by atoms with van der Waals surface area (Å²) < 4.78 is 40.2. The topological polar surface area (TPSA) is 371 Å². The summed E-state index contributed by atoms with van der Waals surface area (Å²) in [6.07, 6.45) is 36.7. The van der Waals surface area contributed by atoms with Crippen molar-refractivity contribution in [2.45, 2.75) is 442 Å². The Hall–Kier alpha value is -8.53. The van der Waals surface area contributed by atoms with Crippen LogP contribution in [0.2, 0.25) is 0 Å². The lowest BCUT2D eigenvalue weighted by Gasteiger charge is -2.31. The number of aliphatic hydroxyl groups is 12. The Bertz CT molecular complexity index is 4480. The molecular weight excluding hydrogens is 1830 g/mol. The van der Waals surface area contributed by atoms with Crippen molar-refractivity contribution in [2.24, 2.45) is 0 Å².